The number of thiazole rings is 1. The van der Waals surface area contributed by atoms with E-state index < -0.39 is 0 Å². The van der Waals surface area contributed by atoms with E-state index in [0.29, 0.717) is 6.42 Å². The molecule has 23 heavy (non-hydrogen) atoms. The largest absolute Gasteiger partial charge is 0.497 e. The maximum Gasteiger partial charge on any atom is 0.228 e. The molecule has 5 heteroatoms. The van der Waals surface area contributed by atoms with E-state index in [0.717, 1.165) is 29.3 Å². The molecule has 1 heterocycles. The van der Waals surface area contributed by atoms with Crippen molar-refractivity contribution in [3.05, 3.63) is 45.9 Å². The van der Waals surface area contributed by atoms with Crippen LogP contribution in [0.1, 0.15) is 30.1 Å². The predicted molar refractivity (Wildman–Crippen MR) is 94.1 cm³/mol. The molecule has 2 rings (SSSR count). The first-order valence-electron chi connectivity index (χ1n) is 7.85. The number of methoxy groups -OCH3 is 1. The van der Waals surface area contributed by atoms with Gasteiger partial charge in [0, 0.05) is 18.5 Å². The maximum absolute atomic E-state index is 12.4. The van der Waals surface area contributed by atoms with Gasteiger partial charge in [-0.05, 0) is 37.5 Å². The number of amides is 1. The highest BCUT2D eigenvalue weighted by Gasteiger charge is 2.17. The number of hydrogen-bond donors (Lipinski definition) is 0. The number of carbonyl (C=O) groups excluding carboxylic acids is 1. The van der Waals surface area contributed by atoms with Crippen molar-refractivity contribution in [2.75, 3.05) is 14.2 Å². The highest BCUT2D eigenvalue weighted by Crippen LogP contribution is 2.15. The summed E-state index contributed by atoms with van der Waals surface area (Å²) in [6.45, 7) is 4.15. The Morgan fingerprint density at radius 3 is 2.61 bits per heavy atom. The van der Waals surface area contributed by atoms with Crippen LogP contribution in [0, 0.1) is 0 Å². The standard InChI is InChI=1S/C18H24N2O2S/c1-5-17-19-15(12-23-17)11-18(21)20(3)13(2)10-14-6-8-16(22-4)9-7-14/h6-9,12-13H,5,10-11H2,1-4H3/t13-/m1/s1. The summed E-state index contributed by atoms with van der Waals surface area (Å²) in [4.78, 5) is 18.7. The van der Waals surface area contributed by atoms with Gasteiger partial charge in [0.25, 0.3) is 0 Å². The fourth-order valence-corrected chi connectivity index (χ4v) is 3.10. The van der Waals surface area contributed by atoms with Gasteiger partial charge < -0.3 is 9.64 Å². The Morgan fingerprint density at radius 1 is 1.35 bits per heavy atom. The summed E-state index contributed by atoms with van der Waals surface area (Å²) in [6.07, 6.45) is 2.12. The molecule has 0 bridgehead atoms. The molecular formula is C18H24N2O2S. The van der Waals surface area contributed by atoms with Crippen LogP contribution in [0.3, 0.4) is 0 Å². The minimum atomic E-state index is 0.110. The second-order valence-electron chi connectivity index (χ2n) is 5.67. The summed E-state index contributed by atoms with van der Waals surface area (Å²) in [7, 11) is 3.52. The van der Waals surface area contributed by atoms with Crippen LogP contribution in [-0.4, -0.2) is 36.0 Å². The van der Waals surface area contributed by atoms with Gasteiger partial charge in [0.1, 0.15) is 5.75 Å². The van der Waals surface area contributed by atoms with Crippen molar-refractivity contribution in [1.29, 1.82) is 0 Å². The number of aryl methyl sites for hydroxylation is 1. The van der Waals surface area contributed by atoms with Crippen LogP contribution in [0.2, 0.25) is 0 Å². The van der Waals surface area contributed by atoms with E-state index in [1.165, 1.54) is 5.56 Å². The van der Waals surface area contributed by atoms with Crippen molar-refractivity contribution in [2.24, 2.45) is 0 Å². The number of aromatic nitrogens is 1. The minimum absolute atomic E-state index is 0.110. The second kappa shape index (κ2) is 8.11. The smallest absolute Gasteiger partial charge is 0.228 e. The van der Waals surface area contributed by atoms with Crippen LogP contribution in [0.25, 0.3) is 0 Å². The number of carbonyl (C=O) groups is 1. The lowest BCUT2D eigenvalue weighted by Crippen LogP contribution is -2.37. The summed E-state index contributed by atoms with van der Waals surface area (Å²) in [5, 5.41) is 3.07. The first-order chi connectivity index (χ1) is 11.0. The molecule has 124 valence electrons. The molecule has 2 aromatic rings. The summed E-state index contributed by atoms with van der Waals surface area (Å²) < 4.78 is 5.17. The number of benzene rings is 1. The zero-order valence-corrected chi connectivity index (χ0v) is 15.0. The normalized spacial score (nSPS) is 12.0. The zero-order chi connectivity index (χ0) is 16.8. The lowest BCUT2D eigenvalue weighted by molar-refractivity contribution is -0.130. The highest BCUT2D eigenvalue weighted by molar-refractivity contribution is 7.09. The number of hydrogen-bond acceptors (Lipinski definition) is 4. The van der Waals surface area contributed by atoms with E-state index in [1.54, 1.807) is 18.4 Å². The molecule has 0 unspecified atom stereocenters. The Kier molecular flexibility index (Phi) is 6.16. The molecule has 0 aliphatic carbocycles. The van der Waals surface area contributed by atoms with E-state index in [1.807, 2.05) is 41.6 Å². The van der Waals surface area contributed by atoms with Crippen molar-refractivity contribution < 1.29 is 9.53 Å². The first-order valence-corrected chi connectivity index (χ1v) is 8.73. The van der Waals surface area contributed by atoms with Gasteiger partial charge in [-0.25, -0.2) is 4.98 Å². The van der Waals surface area contributed by atoms with Gasteiger partial charge in [-0.2, -0.15) is 0 Å². The number of ether oxygens (including phenoxy) is 1. The van der Waals surface area contributed by atoms with E-state index >= 15 is 0 Å². The average molecular weight is 332 g/mol. The van der Waals surface area contributed by atoms with Crippen LogP contribution in [0.4, 0.5) is 0 Å². The molecular weight excluding hydrogens is 308 g/mol. The monoisotopic (exact) mass is 332 g/mol. The fourth-order valence-electron chi connectivity index (χ4n) is 2.36. The summed E-state index contributed by atoms with van der Waals surface area (Å²) in [5.74, 6) is 0.958. The SMILES string of the molecule is CCc1nc(CC(=O)N(C)[C@H](C)Cc2ccc(OC)cc2)cs1. The molecule has 0 saturated carbocycles. The third-order valence-corrected chi connectivity index (χ3v) is 5.02. The minimum Gasteiger partial charge on any atom is -0.497 e. The Balaban J connectivity index is 1.92. The molecule has 0 spiro atoms. The molecule has 1 aromatic heterocycles. The molecule has 1 aromatic carbocycles. The van der Waals surface area contributed by atoms with Gasteiger partial charge in [-0.1, -0.05) is 19.1 Å². The van der Waals surface area contributed by atoms with E-state index in [2.05, 4.69) is 18.8 Å². The van der Waals surface area contributed by atoms with Crippen LogP contribution >= 0.6 is 11.3 Å². The third kappa shape index (κ3) is 4.79. The van der Waals surface area contributed by atoms with Gasteiger partial charge in [0.15, 0.2) is 0 Å². The molecule has 1 amide bonds. The van der Waals surface area contributed by atoms with Gasteiger partial charge in [0.05, 0.1) is 24.2 Å². The van der Waals surface area contributed by atoms with Gasteiger partial charge in [-0.3, -0.25) is 4.79 Å². The maximum atomic E-state index is 12.4. The summed E-state index contributed by atoms with van der Waals surface area (Å²) in [5.41, 5.74) is 2.07. The molecule has 1 atom stereocenters. The predicted octanol–water partition coefficient (Wildman–Crippen LogP) is 3.35. The first kappa shape index (κ1) is 17.5. The molecule has 4 nitrogen and oxygen atoms in total. The average Bonchev–Trinajstić information content (AvgIpc) is 3.02. The van der Waals surface area contributed by atoms with Crippen molar-refractivity contribution in [2.45, 2.75) is 39.2 Å². The Hall–Kier alpha value is -1.88. The van der Waals surface area contributed by atoms with Gasteiger partial charge in [0.2, 0.25) is 5.91 Å². The number of rotatable bonds is 7. The topological polar surface area (TPSA) is 42.4 Å². The lowest BCUT2D eigenvalue weighted by Gasteiger charge is -2.25. The molecule has 0 fully saturated rings. The van der Waals surface area contributed by atoms with Crippen molar-refractivity contribution in [3.8, 4) is 5.75 Å². The van der Waals surface area contributed by atoms with Crippen molar-refractivity contribution >= 4 is 17.2 Å². The number of likely N-dealkylation sites (N-methyl/N-ethyl adjacent to an activating group) is 1. The van der Waals surface area contributed by atoms with Crippen molar-refractivity contribution in [3.63, 3.8) is 0 Å². The number of nitrogens with zero attached hydrogens (tertiary/aromatic N) is 2. The Labute approximate surface area is 142 Å². The third-order valence-electron chi connectivity index (χ3n) is 3.98. The highest BCUT2D eigenvalue weighted by atomic mass is 32.1. The van der Waals surface area contributed by atoms with E-state index in [9.17, 15) is 4.79 Å². The lowest BCUT2D eigenvalue weighted by atomic mass is 10.1. The fraction of sp³-hybridized carbons (Fsp3) is 0.444. The Bertz CT molecular complexity index is 637. The zero-order valence-electron chi connectivity index (χ0n) is 14.2. The van der Waals surface area contributed by atoms with Crippen molar-refractivity contribution in [1.82, 2.24) is 9.88 Å². The second-order valence-corrected chi connectivity index (χ2v) is 6.61. The quantitative estimate of drug-likeness (QED) is 0.781. The summed E-state index contributed by atoms with van der Waals surface area (Å²) in [6, 6.07) is 8.13. The molecule has 0 radical (unpaired) electrons. The molecule has 0 aliphatic heterocycles. The van der Waals surface area contributed by atoms with Crippen LogP contribution in [0.15, 0.2) is 29.6 Å². The Morgan fingerprint density at radius 2 is 2.04 bits per heavy atom. The summed E-state index contributed by atoms with van der Waals surface area (Å²) >= 11 is 1.62. The van der Waals surface area contributed by atoms with Crippen LogP contribution < -0.4 is 4.74 Å². The van der Waals surface area contributed by atoms with Gasteiger partial charge >= 0.3 is 0 Å². The molecule has 0 saturated heterocycles. The van der Waals surface area contributed by atoms with Crippen LogP contribution in [-0.2, 0) is 24.1 Å². The van der Waals surface area contributed by atoms with Crippen LogP contribution in [0.5, 0.6) is 5.75 Å². The molecule has 0 aliphatic rings. The molecule has 0 N–H and O–H groups in total. The van der Waals surface area contributed by atoms with E-state index in [4.69, 9.17) is 4.74 Å². The van der Waals surface area contributed by atoms with Gasteiger partial charge in [-0.15, -0.1) is 11.3 Å². The van der Waals surface area contributed by atoms with E-state index in [-0.39, 0.29) is 11.9 Å².